The van der Waals surface area contributed by atoms with Crippen LogP contribution in [0.2, 0.25) is 0 Å². The molecule has 0 bridgehead atoms. The summed E-state index contributed by atoms with van der Waals surface area (Å²) in [6, 6.07) is 17.5. The SMILES string of the molecule is COc1cc(-c2ccc(CO)cc2)ccc1OCCNC[C@H](O)c1ccc(O)c(NS(C)(=O)=O)c1. The fraction of sp³-hybridized carbons (Fsp3) is 0.280. The highest BCUT2D eigenvalue weighted by atomic mass is 32.2. The summed E-state index contributed by atoms with van der Waals surface area (Å²) in [5, 5.41) is 32.5. The van der Waals surface area contributed by atoms with Gasteiger partial charge >= 0.3 is 0 Å². The lowest BCUT2D eigenvalue weighted by Crippen LogP contribution is -2.26. The van der Waals surface area contributed by atoms with Gasteiger partial charge in [-0.05, 0) is 46.5 Å². The number of aliphatic hydroxyl groups is 2. The highest BCUT2D eigenvalue weighted by molar-refractivity contribution is 7.92. The maximum atomic E-state index is 11.4. The minimum Gasteiger partial charge on any atom is -0.506 e. The van der Waals surface area contributed by atoms with Crippen LogP contribution in [0.15, 0.2) is 60.7 Å². The Morgan fingerprint density at radius 3 is 2.34 bits per heavy atom. The second kappa shape index (κ2) is 11.9. The molecular formula is C25H30N2O7S. The second-order valence-corrected chi connectivity index (χ2v) is 9.69. The zero-order valence-corrected chi connectivity index (χ0v) is 20.4. The summed E-state index contributed by atoms with van der Waals surface area (Å²) in [6.45, 7) is 0.964. The van der Waals surface area contributed by atoms with E-state index in [-0.39, 0.29) is 24.6 Å². The van der Waals surface area contributed by atoms with Crippen LogP contribution in [-0.4, -0.2) is 56.8 Å². The number of hydrogen-bond donors (Lipinski definition) is 5. The van der Waals surface area contributed by atoms with Crippen molar-refractivity contribution < 1.29 is 33.2 Å². The molecule has 9 nitrogen and oxygen atoms in total. The molecule has 188 valence electrons. The number of rotatable bonds is 12. The topological polar surface area (TPSA) is 137 Å². The van der Waals surface area contributed by atoms with Crippen LogP contribution in [0.3, 0.4) is 0 Å². The lowest BCUT2D eigenvalue weighted by Gasteiger charge is -2.16. The van der Waals surface area contributed by atoms with Crippen LogP contribution in [0.5, 0.6) is 17.2 Å². The molecule has 0 unspecified atom stereocenters. The van der Waals surface area contributed by atoms with Crippen molar-refractivity contribution in [3.05, 3.63) is 71.8 Å². The van der Waals surface area contributed by atoms with Gasteiger partial charge in [0.2, 0.25) is 10.0 Å². The molecule has 0 aliphatic heterocycles. The molecule has 0 saturated heterocycles. The summed E-state index contributed by atoms with van der Waals surface area (Å²) in [5.74, 6) is 0.944. The number of aromatic hydroxyl groups is 1. The Bertz CT molecular complexity index is 1230. The maximum Gasteiger partial charge on any atom is 0.229 e. The Balaban J connectivity index is 1.52. The van der Waals surface area contributed by atoms with E-state index >= 15 is 0 Å². The van der Waals surface area contributed by atoms with Crippen molar-refractivity contribution in [2.45, 2.75) is 12.7 Å². The van der Waals surface area contributed by atoms with Gasteiger partial charge in [-0.3, -0.25) is 4.72 Å². The third-order valence-corrected chi connectivity index (χ3v) is 5.80. The van der Waals surface area contributed by atoms with Crippen molar-refractivity contribution in [2.24, 2.45) is 0 Å². The summed E-state index contributed by atoms with van der Waals surface area (Å²) in [7, 11) is -1.99. The lowest BCUT2D eigenvalue weighted by molar-refractivity contribution is 0.171. The summed E-state index contributed by atoms with van der Waals surface area (Å²) in [6.07, 6.45) is 0.0661. The van der Waals surface area contributed by atoms with E-state index in [1.807, 2.05) is 42.5 Å². The number of phenolic OH excluding ortho intramolecular Hbond substituents is 1. The lowest BCUT2D eigenvalue weighted by atomic mass is 10.0. The first-order valence-electron chi connectivity index (χ1n) is 10.9. The van der Waals surface area contributed by atoms with Crippen LogP contribution in [0, 0.1) is 0 Å². The Hall–Kier alpha value is -3.31. The van der Waals surface area contributed by atoms with Gasteiger partial charge in [-0.2, -0.15) is 0 Å². The number of anilines is 1. The number of methoxy groups -OCH3 is 1. The van der Waals surface area contributed by atoms with Crippen molar-refractivity contribution in [1.29, 1.82) is 0 Å². The highest BCUT2D eigenvalue weighted by Crippen LogP contribution is 2.33. The predicted molar refractivity (Wildman–Crippen MR) is 134 cm³/mol. The number of ether oxygens (including phenoxy) is 2. The third kappa shape index (κ3) is 7.59. The van der Waals surface area contributed by atoms with E-state index < -0.39 is 16.1 Å². The molecule has 5 N–H and O–H groups in total. The molecule has 3 rings (SSSR count). The molecule has 0 radical (unpaired) electrons. The largest absolute Gasteiger partial charge is 0.506 e. The van der Waals surface area contributed by atoms with E-state index in [1.54, 1.807) is 7.11 Å². The standard InChI is InChI=1S/C25H30N2O7S/c1-33-25-14-19(18-5-3-17(16-28)4-6-18)8-10-24(25)34-12-11-26-15-23(30)20-7-9-22(29)21(13-20)27-35(2,31)32/h3-10,13-14,23,26-30H,11-12,15-16H2,1-2H3/t23-/m0/s1. The van der Waals surface area contributed by atoms with Crippen LogP contribution >= 0.6 is 0 Å². The Morgan fingerprint density at radius 2 is 1.69 bits per heavy atom. The quantitative estimate of drug-likeness (QED) is 0.188. The summed E-state index contributed by atoms with van der Waals surface area (Å²) >= 11 is 0. The molecule has 3 aromatic carbocycles. The van der Waals surface area contributed by atoms with Gasteiger partial charge in [-0.1, -0.05) is 36.4 Å². The Morgan fingerprint density at radius 1 is 0.971 bits per heavy atom. The molecule has 0 aromatic heterocycles. The van der Waals surface area contributed by atoms with Gasteiger partial charge in [0.25, 0.3) is 0 Å². The van der Waals surface area contributed by atoms with Crippen LogP contribution < -0.4 is 19.5 Å². The van der Waals surface area contributed by atoms with E-state index in [1.165, 1.54) is 18.2 Å². The molecule has 10 heteroatoms. The van der Waals surface area contributed by atoms with E-state index in [4.69, 9.17) is 9.47 Å². The number of hydrogen-bond acceptors (Lipinski definition) is 8. The van der Waals surface area contributed by atoms with Crippen LogP contribution in [-0.2, 0) is 16.6 Å². The maximum absolute atomic E-state index is 11.4. The minimum atomic E-state index is -3.56. The molecular weight excluding hydrogens is 472 g/mol. The minimum absolute atomic E-state index is 0.00217. The van der Waals surface area contributed by atoms with E-state index in [0.717, 1.165) is 22.9 Å². The van der Waals surface area contributed by atoms with Gasteiger partial charge in [-0.25, -0.2) is 8.42 Å². The average molecular weight is 503 g/mol. The molecule has 0 saturated carbocycles. The first-order chi connectivity index (χ1) is 16.7. The van der Waals surface area contributed by atoms with Crippen molar-refractivity contribution in [3.8, 4) is 28.4 Å². The predicted octanol–water partition coefficient (Wildman–Crippen LogP) is 2.63. The molecule has 3 aromatic rings. The van der Waals surface area contributed by atoms with Crippen LogP contribution in [0.25, 0.3) is 11.1 Å². The van der Waals surface area contributed by atoms with Crippen molar-refractivity contribution in [2.75, 3.05) is 37.8 Å². The second-order valence-electron chi connectivity index (χ2n) is 7.94. The van der Waals surface area contributed by atoms with Gasteiger partial charge in [-0.15, -0.1) is 0 Å². The van der Waals surface area contributed by atoms with Gasteiger partial charge in [0.15, 0.2) is 11.5 Å². The summed E-state index contributed by atoms with van der Waals surface area (Å²) in [5.41, 5.74) is 3.25. The first kappa shape index (κ1) is 26.3. The zero-order chi connectivity index (χ0) is 25.4. The van der Waals surface area contributed by atoms with Gasteiger partial charge in [0.1, 0.15) is 12.4 Å². The molecule has 0 aliphatic carbocycles. The smallest absolute Gasteiger partial charge is 0.229 e. The normalized spacial score (nSPS) is 12.2. The molecule has 0 fully saturated rings. The van der Waals surface area contributed by atoms with Gasteiger partial charge in [0.05, 0.1) is 31.8 Å². The van der Waals surface area contributed by atoms with Crippen LogP contribution in [0.4, 0.5) is 5.69 Å². The van der Waals surface area contributed by atoms with Crippen LogP contribution in [0.1, 0.15) is 17.2 Å². The summed E-state index contributed by atoms with van der Waals surface area (Å²) < 4.78 is 36.4. The van der Waals surface area contributed by atoms with Crippen molar-refractivity contribution >= 4 is 15.7 Å². The first-order valence-corrected chi connectivity index (χ1v) is 12.8. The van der Waals surface area contributed by atoms with E-state index in [9.17, 15) is 23.7 Å². The molecule has 0 spiro atoms. The Kier molecular flexibility index (Phi) is 8.94. The highest BCUT2D eigenvalue weighted by Gasteiger charge is 2.13. The number of sulfonamides is 1. The number of phenols is 1. The number of nitrogens with one attached hydrogen (secondary N) is 2. The molecule has 35 heavy (non-hydrogen) atoms. The van der Waals surface area contributed by atoms with Gasteiger partial charge in [0, 0.05) is 13.1 Å². The van der Waals surface area contributed by atoms with Gasteiger partial charge < -0.3 is 30.1 Å². The molecule has 0 amide bonds. The average Bonchev–Trinajstić information content (AvgIpc) is 2.84. The van der Waals surface area contributed by atoms with Crippen molar-refractivity contribution in [1.82, 2.24) is 5.32 Å². The Labute approximate surface area is 205 Å². The van der Waals surface area contributed by atoms with E-state index in [0.29, 0.717) is 30.2 Å². The third-order valence-electron chi connectivity index (χ3n) is 5.21. The number of aliphatic hydroxyl groups excluding tert-OH is 2. The molecule has 0 heterocycles. The zero-order valence-electron chi connectivity index (χ0n) is 19.6. The van der Waals surface area contributed by atoms with Crippen molar-refractivity contribution in [3.63, 3.8) is 0 Å². The monoisotopic (exact) mass is 502 g/mol. The number of benzene rings is 3. The molecule has 1 atom stereocenters. The fourth-order valence-electron chi connectivity index (χ4n) is 3.40. The summed E-state index contributed by atoms with van der Waals surface area (Å²) in [4.78, 5) is 0. The fourth-order valence-corrected chi connectivity index (χ4v) is 3.96. The molecule has 0 aliphatic rings. The van der Waals surface area contributed by atoms with E-state index in [2.05, 4.69) is 10.0 Å².